The lowest BCUT2D eigenvalue weighted by Crippen LogP contribution is -2.53. The maximum atomic E-state index is 12.7. The summed E-state index contributed by atoms with van der Waals surface area (Å²) >= 11 is 6.13. The SMILES string of the molecule is CCC1CN(C(=O)c2nc(C(C)C)ncc2Cl)CCN1C. The molecule has 5 nitrogen and oxygen atoms in total. The molecular formula is C15H23ClN4O. The maximum Gasteiger partial charge on any atom is 0.274 e. The summed E-state index contributed by atoms with van der Waals surface area (Å²) in [4.78, 5) is 25.4. The fourth-order valence-corrected chi connectivity index (χ4v) is 2.70. The zero-order chi connectivity index (χ0) is 15.6. The zero-order valence-electron chi connectivity index (χ0n) is 13.1. The van der Waals surface area contributed by atoms with Gasteiger partial charge in [0.2, 0.25) is 0 Å². The minimum absolute atomic E-state index is 0.0872. The molecule has 2 heterocycles. The number of amides is 1. The average Bonchev–Trinajstić information content (AvgIpc) is 2.47. The van der Waals surface area contributed by atoms with Crippen LogP contribution in [0, 0.1) is 0 Å². The Hall–Kier alpha value is -1.20. The molecule has 0 spiro atoms. The normalized spacial score (nSPS) is 20.1. The van der Waals surface area contributed by atoms with Gasteiger partial charge in [0.25, 0.3) is 5.91 Å². The fourth-order valence-electron chi connectivity index (χ4n) is 2.53. The van der Waals surface area contributed by atoms with E-state index in [1.165, 1.54) is 6.20 Å². The van der Waals surface area contributed by atoms with E-state index in [4.69, 9.17) is 11.6 Å². The van der Waals surface area contributed by atoms with Crippen LogP contribution in [0.3, 0.4) is 0 Å². The zero-order valence-corrected chi connectivity index (χ0v) is 13.9. The molecule has 0 aliphatic carbocycles. The van der Waals surface area contributed by atoms with Gasteiger partial charge in [-0.25, -0.2) is 9.97 Å². The number of hydrogen-bond acceptors (Lipinski definition) is 4. The summed E-state index contributed by atoms with van der Waals surface area (Å²) in [5, 5.41) is 0.330. The Morgan fingerprint density at radius 3 is 2.81 bits per heavy atom. The highest BCUT2D eigenvalue weighted by molar-refractivity contribution is 6.33. The highest BCUT2D eigenvalue weighted by Gasteiger charge is 2.28. The Labute approximate surface area is 131 Å². The highest BCUT2D eigenvalue weighted by Crippen LogP contribution is 2.20. The molecule has 0 radical (unpaired) electrons. The molecule has 1 unspecified atom stereocenters. The van der Waals surface area contributed by atoms with Crippen molar-refractivity contribution >= 4 is 17.5 Å². The Kier molecular flexibility index (Phi) is 5.17. The first-order chi connectivity index (χ1) is 9.93. The van der Waals surface area contributed by atoms with Gasteiger partial charge in [-0.2, -0.15) is 0 Å². The van der Waals surface area contributed by atoms with E-state index in [2.05, 4.69) is 28.8 Å². The fraction of sp³-hybridized carbons (Fsp3) is 0.667. The lowest BCUT2D eigenvalue weighted by molar-refractivity contribution is 0.0536. The minimum atomic E-state index is -0.0872. The van der Waals surface area contributed by atoms with Crippen LogP contribution in [-0.4, -0.2) is 58.4 Å². The van der Waals surface area contributed by atoms with Crippen molar-refractivity contribution in [1.82, 2.24) is 19.8 Å². The monoisotopic (exact) mass is 310 g/mol. The second-order valence-corrected chi connectivity index (χ2v) is 6.28. The number of nitrogens with zero attached hydrogens (tertiary/aromatic N) is 4. The molecule has 6 heteroatoms. The van der Waals surface area contributed by atoms with E-state index in [0.717, 1.165) is 19.5 Å². The quantitative estimate of drug-likeness (QED) is 0.860. The van der Waals surface area contributed by atoms with E-state index < -0.39 is 0 Å². The van der Waals surface area contributed by atoms with Crippen LogP contribution in [0.5, 0.6) is 0 Å². The number of likely N-dealkylation sites (N-methyl/N-ethyl adjacent to an activating group) is 1. The van der Waals surface area contributed by atoms with Crippen LogP contribution < -0.4 is 0 Å². The molecule has 1 atom stereocenters. The van der Waals surface area contributed by atoms with Gasteiger partial charge >= 0.3 is 0 Å². The standard InChI is InChI=1S/C15H23ClN4O/c1-5-11-9-20(7-6-19(11)4)15(21)13-12(16)8-17-14(18-13)10(2)3/h8,10-11H,5-7,9H2,1-4H3. The van der Waals surface area contributed by atoms with Gasteiger partial charge in [0, 0.05) is 31.6 Å². The smallest absolute Gasteiger partial charge is 0.274 e. The Balaban J connectivity index is 2.22. The van der Waals surface area contributed by atoms with Gasteiger partial charge in [0.1, 0.15) is 5.82 Å². The molecule has 21 heavy (non-hydrogen) atoms. The van der Waals surface area contributed by atoms with Crippen LogP contribution in [0.15, 0.2) is 6.20 Å². The second-order valence-electron chi connectivity index (χ2n) is 5.87. The Morgan fingerprint density at radius 2 is 2.19 bits per heavy atom. The first-order valence-electron chi connectivity index (χ1n) is 7.46. The topological polar surface area (TPSA) is 49.3 Å². The van der Waals surface area contributed by atoms with Crippen molar-refractivity contribution in [2.24, 2.45) is 0 Å². The lowest BCUT2D eigenvalue weighted by Gasteiger charge is -2.39. The molecule has 1 fully saturated rings. The number of piperazine rings is 1. The van der Waals surface area contributed by atoms with Gasteiger partial charge in [-0.3, -0.25) is 9.69 Å². The average molecular weight is 311 g/mol. The molecule has 1 aromatic rings. The van der Waals surface area contributed by atoms with Crippen LogP contribution in [0.1, 0.15) is 49.4 Å². The van der Waals surface area contributed by atoms with Crippen LogP contribution >= 0.6 is 11.6 Å². The van der Waals surface area contributed by atoms with E-state index in [9.17, 15) is 4.79 Å². The van der Waals surface area contributed by atoms with Crippen molar-refractivity contribution in [2.45, 2.75) is 39.2 Å². The van der Waals surface area contributed by atoms with Gasteiger partial charge < -0.3 is 4.90 Å². The Bertz CT molecular complexity index is 520. The van der Waals surface area contributed by atoms with Crippen molar-refractivity contribution < 1.29 is 4.79 Å². The molecule has 116 valence electrons. The molecule has 1 aromatic heterocycles. The van der Waals surface area contributed by atoms with E-state index in [-0.39, 0.29) is 11.8 Å². The Morgan fingerprint density at radius 1 is 1.48 bits per heavy atom. The first kappa shape index (κ1) is 16.2. The summed E-state index contributed by atoms with van der Waals surface area (Å²) in [5.41, 5.74) is 0.328. The third-order valence-corrected chi connectivity index (χ3v) is 4.29. The number of rotatable bonds is 3. The molecular weight excluding hydrogens is 288 g/mol. The second kappa shape index (κ2) is 6.71. The third kappa shape index (κ3) is 3.52. The number of aromatic nitrogens is 2. The number of carbonyl (C=O) groups is 1. The summed E-state index contributed by atoms with van der Waals surface area (Å²) in [6.45, 7) is 8.46. The predicted molar refractivity (Wildman–Crippen MR) is 83.7 cm³/mol. The highest BCUT2D eigenvalue weighted by atomic mass is 35.5. The van der Waals surface area contributed by atoms with E-state index in [0.29, 0.717) is 29.1 Å². The van der Waals surface area contributed by atoms with Crippen molar-refractivity contribution in [3.63, 3.8) is 0 Å². The van der Waals surface area contributed by atoms with Crippen LogP contribution in [0.2, 0.25) is 5.02 Å². The van der Waals surface area contributed by atoms with E-state index >= 15 is 0 Å². The molecule has 1 amide bonds. The van der Waals surface area contributed by atoms with Crippen molar-refractivity contribution in [3.05, 3.63) is 22.7 Å². The summed E-state index contributed by atoms with van der Waals surface area (Å²) < 4.78 is 0. The summed E-state index contributed by atoms with van der Waals surface area (Å²) in [6.07, 6.45) is 2.56. The molecule has 0 N–H and O–H groups in total. The van der Waals surface area contributed by atoms with Crippen molar-refractivity contribution in [1.29, 1.82) is 0 Å². The van der Waals surface area contributed by atoms with E-state index in [1.807, 2.05) is 18.7 Å². The minimum Gasteiger partial charge on any atom is -0.334 e. The van der Waals surface area contributed by atoms with Crippen LogP contribution in [0.25, 0.3) is 0 Å². The largest absolute Gasteiger partial charge is 0.334 e. The van der Waals surface area contributed by atoms with Crippen molar-refractivity contribution in [3.8, 4) is 0 Å². The van der Waals surface area contributed by atoms with Gasteiger partial charge in [-0.1, -0.05) is 32.4 Å². The van der Waals surface area contributed by atoms with Crippen molar-refractivity contribution in [2.75, 3.05) is 26.7 Å². The molecule has 1 aliphatic heterocycles. The molecule has 0 saturated carbocycles. The van der Waals surface area contributed by atoms with E-state index in [1.54, 1.807) is 0 Å². The molecule has 0 bridgehead atoms. The summed E-state index contributed by atoms with van der Waals surface area (Å²) in [6, 6.07) is 0.396. The number of carbonyl (C=O) groups excluding carboxylic acids is 1. The molecule has 2 rings (SSSR count). The first-order valence-corrected chi connectivity index (χ1v) is 7.83. The van der Waals surface area contributed by atoms with Crippen LogP contribution in [0.4, 0.5) is 0 Å². The van der Waals surface area contributed by atoms with Gasteiger partial charge in [0.05, 0.1) is 11.2 Å². The van der Waals surface area contributed by atoms with Gasteiger partial charge in [0.15, 0.2) is 5.69 Å². The summed E-state index contributed by atoms with van der Waals surface area (Å²) in [5.74, 6) is 0.740. The molecule has 1 saturated heterocycles. The maximum absolute atomic E-state index is 12.7. The third-order valence-electron chi connectivity index (χ3n) is 4.02. The lowest BCUT2D eigenvalue weighted by atomic mass is 10.1. The van der Waals surface area contributed by atoms with Gasteiger partial charge in [-0.15, -0.1) is 0 Å². The van der Waals surface area contributed by atoms with Gasteiger partial charge in [-0.05, 0) is 13.5 Å². The molecule has 1 aliphatic rings. The number of hydrogen-bond donors (Lipinski definition) is 0. The predicted octanol–water partition coefficient (Wildman–Crippen LogP) is 2.42. The molecule has 0 aromatic carbocycles. The number of halogens is 1. The summed E-state index contributed by atoms with van der Waals surface area (Å²) in [7, 11) is 2.10. The van der Waals surface area contributed by atoms with Crippen LogP contribution in [-0.2, 0) is 0 Å².